The molecule has 0 atom stereocenters. The summed E-state index contributed by atoms with van der Waals surface area (Å²) in [6.45, 7) is -2.05. The largest absolute Gasteiger partial charge is 0.435 e. The van der Waals surface area contributed by atoms with Gasteiger partial charge in [-0.2, -0.15) is 8.78 Å². The molecule has 0 saturated carbocycles. The Morgan fingerprint density at radius 3 is 2.22 bits per heavy atom. The van der Waals surface area contributed by atoms with Crippen molar-refractivity contribution in [1.82, 2.24) is 5.32 Å². The minimum Gasteiger partial charge on any atom is -0.435 e. The molecule has 0 unspecified atom stereocenters. The standard InChI is InChI=1S/C26H27F2N5O4/c1-30-24(35)22(29)20-13-15-33(18-9-7-17(8-10-18)32-14-3-2-4-21(32)34)25(36)23(20)31-16-5-11-19(12-6-16)37-26(27)28/h5-12,26H,2-4,13-15,29H2,1H3,(H,30,35). The summed E-state index contributed by atoms with van der Waals surface area (Å²) in [6.07, 6.45) is 2.61. The van der Waals surface area contributed by atoms with Gasteiger partial charge in [-0.3, -0.25) is 14.4 Å². The highest BCUT2D eigenvalue weighted by Crippen LogP contribution is 2.29. The molecule has 2 aromatic carbocycles. The molecule has 0 spiro atoms. The zero-order valence-corrected chi connectivity index (χ0v) is 20.2. The number of likely N-dealkylation sites (N-methyl/N-ethyl adjacent to an activating group) is 1. The van der Waals surface area contributed by atoms with Gasteiger partial charge in [-0.05, 0) is 67.8 Å². The van der Waals surface area contributed by atoms with Crippen LogP contribution in [0.5, 0.6) is 5.75 Å². The van der Waals surface area contributed by atoms with Crippen molar-refractivity contribution in [3.8, 4) is 5.75 Å². The summed E-state index contributed by atoms with van der Waals surface area (Å²) in [6, 6.07) is 12.6. The predicted octanol–water partition coefficient (Wildman–Crippen LogP) is 3.27. The van der Waals surface area contributed by atoms with Crippen molar-refractivity contribution in [3.05, 3.63) is 59.8 Å². The fourth-order valence-corrected chi connectivity index (χ4v) is 4.32. The Hall–Kier alpha value is -4.28. The zero-order chi connectivity index (χ0) is 26.5. The number of alkyl halides is 2. The Balaban J connectivity index is 1.65. The predicted molar refractivity (Wildman–Crippen MR) is 135 cm³/mol. The lowest BCUT2D eigenvalue weighted by atomic mass is 9.97. The van der Waals surface area contributed by atoms with E-state index in [0.29, 0.717) is 29.9 Å². The van der Waals surface area contributed by atoms with Gasteiger partial charge in [-0.1, -0.05) is 0 Å². The number of hydrogen-bond donors (Lipinski definition) is 2. The Labute approximate surface area is 212 Å². The van der Waals surface area contributed by atoms with E-state index in [4.69, 9.17) is 5.73 Å². The maximum absolute atomic E-state index is 13.6. The van der Waals surface area contributed by atoms with Crippen LogP contribution in [-0.2, 0) is 14.4 Å². The van der Waals surface area contributed by atoms with Crippen LogP contribution in [0.2, 0.25) is 0 Å². The molecular formula is C26H27F2N5O4. The Morgan fingerprint density at radius 2 is 1.62 bits per heavy atom. The number of nitrogens with zero attached hydrogens (tertiary/aromatic N) is 3. The smallest absolute Gasteiger partial charge is 0.387 e. The fraction of sp³-hybridized carbons (Fsp3) is 0.308. The van der Waals surface area contributed by atoms with E-state index in [2.05, 4.69) is 15.0 Å². The number of hydrogen-bond acceptors (Lipinski definition) is 6. The maximum Gasteiger partial charge on any atom is 0.387 e. The average Bonchev–Trinajstić information content (AvgIpc) is 2.90. The molecule has 2 aliphatic heterocycles. The summed E-state index contributed by atoms with van der Waals surface area (Å²) in [5, 5.41) is 2.45. The van der Waals surface area contributed by atoms with Gasteiger partial charge in [0.15, 0.2) is 0 Å². The van der Waals surface area contributed by atoms with Crippen LogP contribution in [0, 0.1) is 0 Å². The quantitative estimate of drug-likeness (QED) is 0.578. The number of amides is 3. The molecule has 3 N–H and O–H groups in total. The molecule has 0 bridgehead atoms. The second-order valence-electron chi connectivity index (χ2n) is 8.53. The first-order valence-electron chi connectivity index (χ1n) is 11.9. The third-order valence-corrected chi connectivity index (χ3v) is 6.22. The first-order chi connectivity index (χ1) is 17.8. The molecule has 0 aromatic heterocycles. The minimum absolute atomic E-state index is 0.0230. The summed E-state index contributed by atoms with van der Waals surface area (Å²) in [5.74, 6) is -0.988. The van der Waals surface area contributed by atoms with E-state index in [9.17, 15) is 23.2 Å². The number of aliphatic imine (C=N–C) groups is 1. The van der Waals surface area contributed by atoms with Crippen LogP contribution < -0.4 is 25.6 Å². The van der Waals surface area contributed by atoms with E-state index >= 15 is 0 Å². The lowest BCUT2D eigenvalue weighted by Gasteiger charge is -2.31. The number of carbonyl (C=O) groups excluding carboxylic acids is 3. The average molecular weight is 512 g/mol. The van der Waals surface area contributed by atoms with E-state index < -0.39 is 18.4 Å². The third-order valence-electron chi connectivity index (χ3n) is 6.22. The normalized spacial score (nSPS) is 18.9. The topological polar surface area (TPSA) is 117 Å². The van der Waals surface area contributed by atoms with E-state index in [-0.39, 0.29) is 36.0 Å². The van der Waals surface area contributed by atoms with E-state index in [1.165, 1.54) is 36.2 Å². The summed E-state index contributed by atoms with van der Waals surface area (Å²) >= 11 is 0. The molecule has 11 heteroatoms. The van der Waals surface area contributed by atoms with E-state index in [1.807, 2.05) is 0 Å². The second kappa shape index (κ2) is 11.2. The molecule has 194 valence electrons. The molecule has 4 rings (SSSR count). The highest BCUT2D eigenvalue weighted by atomic mass is 19.3. The summed E-state index contributed by atoms with van der Waals surface area (Å²) in [5.41, 5.74) is 7.88. The number of carbonyl (C=O) groups is 3. The highest BCUT2D eigenvalue weighted by Gasteiger charge is 2.33. The van der Waals surface area contributed by atoms with Crippen molar-refractivity contribution >= 4 is 40.5 Å². The lowest BCUT2D eigenvalue weighted by Crippen LogP contribution is -2.45. The molecule has 0 radical (unpaired) electrons. The molecule has 2 aromatic rings. The molecule has 2 fully saturated rings. The number of benzene rings is 2. The van der Waals surface area contributed by atoms with Crippen molar-refractivity contribution in [2.24, 2.45) is 10.7 Å². The molecular weight excluding hydrogens is 484 g/mol. The van der Waals surface area contributed by atoms with Crippen molar-refractivity contribution in [1.29, 1.82) is 0 Å². The van der Waals surface area contributed by atoms with Crippen molar-refractivity contribution in [2.75, 3.05) is 29.9 Å². The number of nitrogens with one attached hydrogen (secondary N) is 1. The van der Waals surface area contributed by atoms with E-state index in [0.717, 1.165) is 18.5 Å². The molecule has 37 heavy (non-hydrogen) atoms. The Morgan fingerprint density at radius 1 is 0.973 bits per heavy atom. The number of piperidine rings is 2. The summed E-state index contributed by atoms with van der Waals surface area (Å²) < 4.78 is 29.3. The minimum atomic E-state index is -2.97. The van der Waals surface area contributed by atoms with Gasteiger partial charge in [0.1, 0.15) is 17.2 Å². The van der Waals surface area contributed by atoms with Crippen molar-refractivity contribution in [3.63, 3.8) is 0 Å². The van der Waals surface area contributed by atoms with Crippen molar-refractivity contribution < 1.29 is 27.9 Å². The number of anilines is 2. The van der Waals surface area contributed by atoms with Gasteiger partial charge in [-0.15, -0.1) is 0 Å². The van der Waals surface area contributed by atoms with Gasteiger partial charge in [0.05, 0.1) is 5.69 Å². The van der Waals surface area contributed by atoms with Crippen LogP contribution >= 0.6 is 0 Å². The summed E-state index contributed by atoms with van der Waals surface area (Å²) in [4.78, 5) is 45.8. The molecule has 0 aliphatic carbocycles. The van der Waals surface area contributed by atoms with Crippen molar-refractivity contribution in [2.45, 2.75) is 32.3 Å². The van der Waals surface area contributed by atoms with Gasteiger partial charge in [0, 0.05) is 43.5 Å². The fourth-order valence-electron chi connectivity index (χ4n) is 4.32. The van der Waals surface area contributed by atoms with Crippen LogP contribution in [0.25, 0.3) is 0 Å². The number of halogens is 2. The molecule has 3 amide bonds. The number of rotatable bonds is 6. The highest BCUT2D eigenvalue weighted by molar-refractivity contribution is 6.51. The molecule has 2 aliphatic rings. The van der Waals surface area contributed by atoms with Gasteiger partial charge >= 0.3 is 6.61 Å². The molecule has 9 nitrogen and oxygen atoms in total. The Bertz CT molecular complexity index is 1240. The number of nitrogens with two attached hydrogens (primary N) is 1. The Kier molecular flexibility index (Phi) is 7.80. The summed E-state index contributed by atoms with van der Waals surface area (Å²) in [7, 11) is 1.43. The van der Waals surface area contributed by atoms with Gasteiger partial charge in [0.2, 0.25) is 5.91 Å². The SMILES string of the molecule is CNC(=O)C(N)=C1CCN(c2ccc(N3CCCCC3=O)cc2)C(=O)C1=Nc1ccc(OC(F)F)cc1. The first-order valence-corrected chi connectivity index (χ1v) is 11.9. The second-order valence-corrected chi connectivity index (χ2v) is 8.53. The van der Waals surface area contributed by atoms with Crippen LogP contribution in [0.4, 0.5) is 25.8 Å². The maximum atomic E-state index is 13.6. The van der Waals surface area contributed by atoms with Crippen LogP contribution in [0.15, 0.2) is 64.8 Å². The first kappa shape index (κ1) is 25.8. The van der Waals surface area contributed by atoms with Gasteiger partial charge in [-0.25, -0.2) is 4.99 Å². The van der Waals surface area contributed by atoms with E-state index in [1.54, 1.807) is 29.2 Å². The zero-order valence-electron chi connectivity index (χ0n) is 20.2. The van der Waals surface area contributed by atoms with Crippen LogP contribution in [0.3, 0.4) is 0 Å². The molecule has 2 saturated heterocycles. The van der Waals surface area contributed by atoms with Gasteiger partial charge in [0.25, 0.3) is 11.8 Å². The number of ether oxygens (including phenoxy) is 1. The molecule has 2 heterocycles. The van der Waals surface area contributed by atoms with Gasteiger partial charge < -0.3 is 25.6 Å². The van der Waals surface area contributed by atoms with Crippen LogP contribution in [-0.4, -0.2) is 50.2 Å². The third kappa shape index (κ3) is 5.76. The lowest BCUT2D eigenvalue weighted by molar-refractivity contribution is -0.119. The van der Waals surface area contributed by atoms with Crippen LogP contribution in [0.1, 0.15) is 25.7 Å². The monoisotopic (exact) mass is 511 g/mol.